The van der Waals surface area contributed by atoms with Gasteiger partial charge in [0.2, 0.25) is 11.8 Å². The summed E-state index contributed by atoms with van der Waals surface area (Å²) in [6.07, 6.45) is 0. The van der Waals surface area contributed by atoms with Crippen LogP contribution in [0, 0.1) is 11.3 Å². The molecule has 1 rings (SSSR count). The lowest BCUT2D eigenvalue weighted by Gasteiger charge is -2.23. The van der Waals surface area contributed by atoms with Crippen LogP contribution in [-0.4, -0.2) is 36.3 Å². The summed E-state index contributed by atoms with van der Waals surface area (Å²) in [5, 5.41) is 10.6. The highest BCUT2D eigenvalue weighted by atomic mass is 16.2. The average Bonchev–Trinajstić information content (AvgIpc) is 1.98. The Balaban J connectivity index is 2.55. The van der Waals surface area contributed by atoms with E-state index in [-0.39, 0.29) is 31.4 Å². The molecule has 1 aliphatic heterocycles. The molecule has 0 saturated carbocycles. The van der Waals surface area contributed by atoms with E-state index in [1.54, 1.807) is 0 Å². The molecular formula is C6H7N3O2. The van der Waals surface area contributed by atoms with Crippen molar-refractivity contribution < 1.29 is 9.59 Å². The molecule has 0 aromatic rings. The van der Waals surface area contributed by atoms with Gasteiger partial charge in [-0.1, -0.05) is 0 Å². The van der Waals surface area contributed by atoms with Crippen LogP contribution in [0.4, 0.5) is 0 Å². The number of amides is 2. The third kappa shape index (κ3) is 1.67. The number of hydrogen-bond donors (Lipinski definition) is 1. The Morgan fingerprint density at radius 2 is 2.36 bits per heavy atom. The van der Waals surface area contributed by atoms with Crippen molar-refractivity contribution in [2.24, 2.45) is 0 Å². The van der Waals surface area contributed by atoms with Crippen molar-refractivity contribution >= 4 is 11.8 Å². The second kappa shape index (κ2) is 3.01. The Bertz CT molecular complexity index is 230. The van der Waals surface area contributed by atoms with Crippen LogP contribution in [-0.2, 0) is 9.59 Å². The summed E-state index contributed by atoms with van der Waals surface area (Å²) < 4.78 is 0. The van der Waals surface area contributed by atoms with E-state index < -0.39 is 0 Å². The molecule has 0 aromatic carbocycles. The van der Waals surface area contributed by atoms with Crippen molar-refractivity contribution in [3.05, 3.63) is 0 Å². The molecule has 5 heteroatoms. The van der Waals surface area contributed by atoms with Crippen LogP contribution in [0.1, 0.15) is 0 Å². The first-order valence-electron chi connectivity index (χ1n) is 3.15. The van der Waals surface area contributed by atoms with Gasteiger partial charge in [-0.3, -0.25) is 9.59 Å². The zero-order valence-electron chi connectivity index (χ0n) is 5.83. The number of nitrogens with one attached hydrogen (secondary N) is 1. The van der Waals surface area contributed by atoms with E-state index in [1.807, 2.05) is 6.07 Å². The molecule has 11 heavy (non-hydrogen) atoms. The number of hydrogen-bond acceptors (Lipinski definition) is 3. The van der Waals surface area contributed by atoms with E-state index in [0.29, 0.717) is 0 Å². The van der Waals surface area contributed by atoms with Crippen molar-refractivity contribution in [2.45, 2.75) is 0 Å². The first kappa shape index (κ1) is 7.54. The van der Waals surface area contributed by atoms with Gasteiger partial charge in [0, 0.05) is 0 Å². The minimum atomic E-state index is -0.208. The molecule has 1 heterocycles. The largest absolute Gasteiger partial charge is 0.345 e. The predicted molar refractivity (Wildman–Crippen MR) is 35.2 cm³/mol. The number of carbonyl (C=O) groups is 2. The van der Waals surface area contributed by atoms with Crippen LogP contribution in [0.15, 0.2) is 0 Å². The molecule has 58 valence electrons. The SMILES string of the molecule is N#CCN1CC(=O)NCC1=O. The Labute approximate surface area is 63.6 Å². The number of rotatable bonds is 1. The Morgan fingerprint density at radius 1 is 1.64 bits per heavy atom. The molecule has 2 amide bonds. The predicted octanol–water partition coefficient (Wildman–Crippen LogP) is -1.53. The summed E-state index contributed by atoms with van der Waals surface area (Å²) in [7, 11) is 0. The molecule has 1 saturated heterocycles. The van der Waals surface area contributed by atoms with Crippen LogP contribution >= 0.6 is 0 Å². The summed E-state index contributed by atoms with van der Waals surface area (Å²) in [6, 6.07) is 1.81. The number of nitrogens with zero attached hydrogens (tertiary/aromatic N) is 2. The maximum atomic E-state index is 10.9. The van der Waals surface area contributed by atoms with Crippen molar-refractivity contribution in [2.75, 3.05) is 19.6 Å². The minimum absolute atomic E-state index is 0.00634. The third-order valence-corrected chi connectivity index (χ3v) is 1.39. The summed E-state index contributed by atoms with van der Waals surface area (Å²) in [4.78, 5) is 22.8. The Hall–Kier alpha value is -1.57. The normalized spacial score (nSPS) is 17.5. The van der Waals surface area contributed by atoms with Crippen LogP contribution in [0.5, 0.6) is 0 Å². The molecule has 0 aromatic heterocycles. The lowest BCUT2D eigenvalue weighted by molar-refractivity contribution is -0.139. The van der Waals surface area contributed by atoms with E-state index in [1.165, 1.54) is 4.90 Å². The molecule has 1 N–H and O–H groups in total. The van der Waals surface area contributed by atoms with Crippen molar-refractivity contribution in [3.63, 3.8) is 0 Å². The van der Waals surface area contributed by atoms with E-state index >= 15 is 0 Å². The van der Waals surface area contributed by atoms with E-state index in [4.69, 9.17) is 5.26 Å². The highest BCUT2D eigenvalue weighted by Crippen LogP contribution is 1.93. The summed E-state index contributed by atoms with van der Waals surface area (Å²) in [6.45, 7) is 0.0131. The smallest absolute Gasteiger partial charge is 0.243 e. The maximum absolute atomic E-state index is 10.9. The quantitative estimate of drug-likeness (QED) is 0.464. The molecule has 0 spiro atoms. The lowest BCUT2D eigenvalue weighted by Crippen LogP contribution is -2.51. The zero-order chi connectivity index (χ0) is 8.27. The third-order valence-electron chi connectivity index (χ3n) is 1.39. The standard InChI is InChI=1S/C6H7N3O2/c7-1-2-9-4-5(10)8-3-6(9)11/h2-4H2,(H,8,10). The number of nitriles is 1. The molecular weight excluding hydrogens is 146 g/mol. The van der Waals surface area contributed by atoms with Gasteiger partial charge in [-0.05, 0) is 0 Å². The van der Waals surface area contributed by atoms with Crippen LogP contribution < -0.4 is 5.32 Å². The maximum Gasteiger partial charge on any atom is 0.243 e. The number of carbonyl (C=O) groups excluding carboxylic acids is 2. The summed E-state index contributed by atoms with van der Waals surface area (Å²) in [5.74, 6) is -0.411. The van der Waals surface area contributed by atoms with Crippen LogP contribution in [0.3, 0.4) is 0 Å². The Kier molecular flexibility index (Phi) is 2.06. The monoisotopic (exact) mass is 153 g/mol. The fourth-order valence-corrected chi connectivity index (χ4v) is 0.833. The molecule has 0 radical (unpaired) electrons. The van der Waals surface area contributed by atoms with Gasteiger partial charge in [0.05, 0.1) is 12.6 Å². The molecule has 0 atom stereocenters. The van der Waals surface area contributed by atoms with E-state index in [2.05, 4.69) is 5.32 Å². The molecule has 0 aliphatic carbocycles. The molecule has 5 nitrogen and oxygen atoms in total. The molecule has 0 bridgehead atoms. The molecule has 1 fully saturated rings. The van der Waals surface area contributed by atoms with Crippen LogP contribution in [0.25, 0.3) is 0 Å². The van der Waals surface area contributed by atoms with Gasteiger partial charge in [0.15, 0.2) is 0 Å². The van der Waals surface area contributed by atoms with Gasteiger partial charge in [-0.25, -0.2) is 0 Å². The van der Waals surface area contributed by atoms with Gasteiger partial charge in [0.1, 0.15) is 13.1 Å². The summed E-state index contributed by atoms with van der Waals surface area (Å²) in [5.41, 5.74) is 0. The lowest BCUT2D eigenvalue weighted by atomic mass is 10.3. The Morgan fingerprint density at radius 3 is 3.00 bits per heavy atom. The van der Waals surface area contributed by atoms with Crippen molar-refractivity contribution in [1.82, 2.24) is 10.2 Å². The van der Waals surface area contributed by atoms with E-state index in [9.17, 15) is 9.59 Å². The average molecular weight is 153 g/mol. The number of piperazine rings is 1. The van der Waals surface area contributed by atoms with Crippen LogP contribution in [0.2, 0.25) is 0 Å². The second-order valence-electron chi connectivity index (χ2n) is 2.18. The van der Waals surface area contributed by atoms with Crippen molar-refractivity contribution in [3.8, 4) is 6.07 Å². The molecule has 1 aliphatic rings. The molecule has 0 unspecified atom stereocenters. The van der Waals surface area contributed by atoms with Gasteiger partial charge in [0.25, 0.3) is 0 Å². The fraction of sp³-hybridized carbons (Fsp3) is 0.500. The summed E-state index contributed by atoms with van der Waals surface area (Å²) >= 11 is 0. The van der Waals surface area contributed by atoms with Gasteiger partial charge in [-0.15, -0.1) is 0 Å². The first-order valence-corrected chi connectivity index (χ1v) is 3.15. The van der Waals surface area contributed by atoms with Gasteiger partial charge >= 0.3 is 0 Å². The minimum Gasteiger partial charge on any atom is -0.345 e. The first-order chi connectivity index (χ1) is 5.24. The topological polar surface area (TPSA) is 73.2 Å². The van der Waals surface area contributed by atoms with Gasteiger partial charge < -0.3 is 10.2 Å². The van der Waals surface area contributed by atoms with Gasteiger partial charge in [-0.2, -0.15) is 5.26 Å². The van der Waals surface area contributed by atoms with Crippen molar-refractivity contribution in [1.29, 1.82) is 5.26 Å². The second-order valence-corrected chi connectivity index (χ2v) is 2.18. The highest BCUT2D eigenvalue weighted by molar-refractivity contribution is 5.92. The highest BCUT2D eigenvalue weighted by Gasteiger charge is 2.21. The van der Waals surface area contributed by atoms with E-state index in [0.717, 1.165) is 0 Å². The fourth-order valence-electron chi connectivity index (χ4n) is 0.833. The zero-order valence-corrected chi connectivity index (χ0v) is 5.83.